The van der Waals surface area contributed by atoms with Crippen LogP contribution < -0.4 is 5.73 Å². The van der Waals surface area contributed by atoms with Crippen LogP contribution in [0.2, 0.25) is 0 Å². The summed E-state index contributed by atoms with van der Waals surface area (Å²) in [6, 6.07) is 4.66. The molecule has 0 saturated carbocycles. The second-order valence-corrected chi connectivity index (χ2v) is 3.69. The third-order valence-electron chi connectivity index (χ3n) is 2.75. The molecule has 1 atom stereocenters. The molecule has 0 radical (unpaired) electrons. The van der Waals surface area contributed by atoms with Gasteiger partial charge in [0.15, 0.2) is 0 Å². The van der Waals surface area contributed by atoms with Gasteiger partial charge in [0, 0.05) is 6.20 Å². The number of carboxylic acid groups (broad SMARTS) is 1. The molecule has 1 aromatic heterocycles. The Kier molecular flexibility index (Phi) is 2.42. The zero-order valence-corrected chi connectivity index (χ0v) is 8.09. The summed E-state index contributed by atoms with van der Waals surface area (Å²) in [5.41, 5.74) is 5.49. The predicted molar refractivity (Wildman–Crippen MR) is 52.1 cm³/mol. The van der Waals surface area contributed by atoms with Gasteiger partial charge >= 0.3 is 5.97 Å². The van der Waals surface area contributed by atoms with Crippen molar-refractivity contribution in [3.63, 3.8) is 0 Å². The molecule has 80 valence electrons. The highest BCUT2D eigenvalue weighted by Gasteiger charge is 2.52. The molecular weight excluding hydrogens is 196 g/mol. The van der Waals surface area contributed by atoms with E-state index >= 15 is 0 Å². The van der Waals surface area contributed by atoms with Crippen LogP contribution >= 0.6 is 0 Å². The first-order valence-corrected chi connectivity index (χ1v) is 4.64. The van der Waals surface area contributed by atoms with E-state index in [1.54, 1.807) is 24.4 Å². The molecule has 0 amide bonds. The van der Waals surface area contributed by atoms with Gasteiger partial charge in [0.1, 0.15) is 5.41 Å². The Hall–Kier alpha value is -1.46. The molecule has 3 N–H and O–H groups in total. The van der Waals surface area contributed by atoms with Crippen LogP contribution in [0.4, 0.5) is 0 Å². The highest BCUT2D eigenvalue weighted by Crippen LogP contribution is 2.38. The lowest BCUT2D eigenvalue weighted by atomic mass is 9.77. The van der Waals surface area contributed by atoms with Crippen molar-refractivity contribution in [3.8, 4) is 0 Å². The van der Waals surface area contributed by atoms with Crippen LogP contribution in [0.25, 0.3) is 0 Å². The SMILES string of the molecule is NC(c1ccccn1)C1(C(=O)O)COC1. The molecule has 1 aliphatic heterocycles. The van der Waals surface area contributed by atoms with Gasteiger partial charge in [-0.1, -0.05) is 6.07 Å². The summed E-state index contributed by atoms with van der Waals surface area (Å²) in [5, 5.41) is 9.13. The Morgan fingerprint density at radius 2 is 2.33 bits per heavy atom. The number of rotatable bonds is 3. The van der Waals surface area contributed by atoms with Gasteiger partial charge < -0.3 is 15.6 Å². The van der Waals surface area contributed by atoms with Crippen molar-refractivity contribution in [2.45, 2.75) is 6.04 Å². The third kappa shape index (κ3) is 1.49. The maximum Gasteiger partial charge on any atom is 0.316 e. The Morgan fingerprint density at radius 3 is 2.73 bits per heavy atom. The van der Waals surface area contributed by atoms with Gasteiger partial charge in [-0.2, -0.15) is 0 Å². The number of nitrogens with two attached hydrogens (primary N) is 1. The summed E-state index contributed by atoms with van der Waals surface area (Å²) in [5.74, 6) is -0.924. The van der Waals surface area contributed by atoms with Crippen molar-refractivity contribution in [1.29, 1.82) is 0 Å². The summed E-state index contributed by atoms with van der Waals surface area (Å²) in [6.07, 6.45) is 1.60. The van der Waals surface area contributed by atoms with Crippen LogP contribution in [-0.4, -0.2) is 29.3 Å². The molecule has 2 rings (SSSR count). The first-order valence-electron chi connectivity index (χ1n) is 4.64. The van der Waals surface area contributed by atoms with Crippen LogP contribution in [0.1, 0.15) is 11.7 Å². The molecule has 15 heavy (non-hydrogen) atoms. The Labute approximate surface area is 86.9 Å². The van der Waals surface area contributed by atoms with E-state index in [0.717, 1.165) is 0 Å². The quantitative estimate of drug-likeness (QED) is 0.740. The van der Waals surface area contributed by atoms with Crippen LogP contribution in [0, 0.1) is 5.41 Å². The standard InChI is InChI=1S/C10H12N2O3/c11-8(7-3-1-2-4-12-7)10(9(13)14)5-15-6-10/h1-4,8H,5-6,11H2,(H,13,14). The average molecular weight is 208 g/mol. The Bertz CT molecular complexity index is 362. The maximum atomic E-state index is 11.1. The lowest BCUT2D eigenvalue weighted by Crippen LogP contribution is -2.55. The molecule has 5 heteroatoms. The second kappa shape index (κ2) is 3.60. The van der Waals surface area contributed by atoms with Gasteiger partial charge in [-0.05, 0) is 12.1 Å². The van der Waals surface area contributed by atoms with Gasteiger partial charge in [-0.3, -0.25) is 9.78 Å². The lowest BCUT2D eigenvalue weighted by Gasteiger charge is -2.41. The summed E-state index contributed by atoms with van der Waals surface area (Å²) < 4.78 is 4.95. The van der Waals surface area contributed by atoms with Crippen molar-refractivity contribution >= 4 is 5.97 Å². The van der Waals surface area contributed by atoms with Crippen LogP contribution in [-0.2, 0) is 9.53 Å². The van der Waals surface area contributed by atoms with Gasteiger partial charge in [-0.15, -0.1) is 0 Å². The van der Waals surface area contributed by atoms with Gasteiger partial charge in [0.25, 0.3) is 0 Å². The topological polar surface area (TPSA) is 85.4 Å². The van der Waals surface area contributed by atoms with Crippen LogP contribution in [0.3, 0.4) is 0 Å². The molecule has 0 bridgehead atoms. The highest BCUT2D eigenvalue weighted by atomic mass is 16.5. The number of pyridine rings is 1. The van der Waals surface area contributed by atoms with Gasteiger partial charge in [0.2, 0.25) is 0 Å². The molecule has 1 aromatic rings. The van der Waals surface area contributed by atoms with Crippen molar-refractivity contribution in [2.24, 2.45) is 11.1 Å². The van der Waals surface area contributed by atoms with E-state index in [0.29, 0.717) is 5.69 Å². The number of aromatic nitrogens is 1. The zero-order chi connectivity index (χ0) is 10.9. The predicted octanol–water partition coefficient (Wildman–Crippen LogP) is 0.183. The van der Waals surface area contributed by atoms with Crippen molar-refractivity contribution in [1.82, 2.24) is 4.98 Å². The largest absolute Gasteiger partial charge is 0.481 e. The molecule has 1 fully saturated rings. The van der Waals surface area contributed by atoms with E-state index < -0.39 is 17.4 Å². The monoisotopic (exact) mass is 208 g/mol. The fourth-order valence-electron chi connectivity index (χ4n) is 1.60. The fourth-order valence-corrected chi connectivity index (χ4v) is 1.60. The summed E-state index contributed by atoms with van der Waals surface area (Å²) in [7, 11) is 0. The Morgan fingerprint density at radius 1 is 1.60 bits per heavy atom. The van der Waals surface area contributed by atoms with E-state index in [2.05, 4.69) is 4.98 Å². The Balaban J connectivity index is 2.27. The average Bonchev–Trinajstić information content (AvgIpc) is 2.16. The summed E-state index contributed by atoms with van der Waals surface area (Å²) >= 11 is 0. The molecule has 2 heterocycles. The minimum Gasteiger partial charge on any atom is -0.481 e. The maximum absolute atomic E-state index is 11.1. The molecule has 5 nitrogen and oxygen atoms in total. The minimum atomic E-state index is -1.01. The van der Waals surface area contributed by atoms with Gasteiger partial charge in [0.05, 0.1) is 24.9 Å². The molecule has 1 unspecified atom stereocenters. The normalized spacial score (nSPS) is 20.3. The minimum absolute atomic E-state index is 0.153. The molecule has 0 spiro atoms. The van der Waals surface area contributed by atoms with Gasteiger partial charge in [-0.25, -0.2) is 0 Å². The first-order chi connectivity index (χ1) is 7.17. The number of carboxylic acids is 1. The van der Waals surface area contributed by atoms with E-state index in [9.17, 15) is 4.79 Å². The number of ether oxygens (including phenoxy) is 1. The van der Waals surface area contributed by atoms with E-state index in [1.165, 1.54) is 0 Å². The molecule has 0 aromatic carbocycles. The lowest BCUT2D eigenvalue weighted by molar-refractivity contribution is -0.185. The smallest absolute Gasteiger partial charge is 0.316 e. The summed E-state index contributed by atoms with van der Waals surface area (Å²) in [6.45, 7) is 0.306. The number of hydrogen-bond donors (Lipinski definition) is 2. The second-order valence-electron chi connectivity index (χ2n) is 3.69. The number of hydrogen-bond acceptors (Lipinski definition) is 4. The number of carbonyl (C=O) groups is 1. The molecule has 1 saturated heterocycles. The van der Waals surface area contributed by atoms with Crippen LogP contribution in [0.15, 0.2) is 24.4 Å². The first kappa shape index (κ1) is 10.1. The zero-order valence-electron chi connectivity index (χ0n) is 8.09. The van der Waals surface area contributed by atoms with Crippen molar-refractivity contribution in [2.75, 3.05) is 13.2 Å². The fraction of sp³-hybridized carbons (Fsp3) is 0.400. The number of aliphatic carboxylic acids is 1. The highest BCUT2D eigenvalue weighted by molar-refractivity contribution is 5.77. The van der Waals surface area contributed by atoms with E-state index in [-0.39, 0.29) is 13.2 Å². The number of nitrogens with zero attached hydrogens (tertiary/aromatic N) is 1. The van der Waals surface area contributed by atoms with E-state index in [1.807, 2.05) is 0 Å². The molecule has 0 aliphatic carbocycles. The van der Waals surface area contributed by atoms with Crippen LogP contribution in [0.5, 0.6) is 0 Å². The molecule has 1 aliphatic rings. The van der Waals surface area contributed by atoms with E-state index in [4.69, 9.17) is 15.6 Å². The van der Waals surface area contributed by atoms with Crippen molar-refractivity contribution < 1.29 is 14.6 Å². The molecular formula is C10H12N2O3. The summed E-state index contributed by atoms with van der Waals surface area (Å²) in [4.78, 5) is 15.2. The van der Waals surface area contributed by atoms with Crippen molar-refractivity contribution in [3.05, 3.63) is 30.1 Å². The third-order valence-corrected chi connectivity index (χ3v) is 2.75.